The number of H-pyrrole nitrogens is 2. The molecule has 14 atom stereocenters. The largest absolute Gasteiger partial charge is 0.508 e. The van der Waals surface area contributed by atoms with Crippen LogP contribution in [0.1, 0.15) is 153 Å². The third kappa shape index (κ3) is 28.3. The van der Waals surface area contributed by atoms with Crippen LogP contribution < -0.4 is 65.1 Å². The number of fused-ring (bicyclic) bond motifs is 4. The van der Waals surface area contributed by atoms with Crippen molar-refractivity contribution in [3.8, 4) is 5.75 Å². The number of phenolic OH excluding ortho intramolecular Hbond substituents is 1. The molecular formula is C91H126N20O19S2. The fourth-order valence-corrected chi connectivity index (χ4v) is 18.6. The number of unbranched alkanes of at least 4 members (excludes halogenated alkanes) is 2. The first kappa shape index (κ1) is 103. The maximum atomic E-state index is 15.7. The van der Waals surface area contributed by atoms with E-state index in [0.29, 0.717) is 59.0 Å². The molecule has 716 valence electrons. The average Bonchev–Trinajstić information content (AvgIpc) is 1.68. The van der Waals surface area contributed by atoms with Gasteiger partial charge in [-0.3, -0.25) is 81.5 Å². The highest BCUT2D eigenvalue weighted by molar-refractivity contribution is 7.99. The predicted molar refractivity (Wildman–Crippen MR) is 492 cm³/mol. The number of para-hydroxylation sites is 1. The number of aromatic hydroxyl groups is 1. The van der Waals surface area contributed by atoms with Gasteiger partial charge in [-0.2, -0.15) is 11.8 Å². The summed E-state index contributed by atoms with van der Waals surface area (Å²) in [6.07, 6.45) is 4.68. The van der Waals surface area contributed by atoms with E-state index in [1.165, 1.54) is 90.9 Å². The first-order valence-corrected chi connectivity index (χ1v) is 46.9. The Kier molecular flexibility index (Phi) is 39.0. The lowest BCUT2D eigenvalue weighted by Crippen LogP contribution is -2.61. The maximum absolute atomic E-state index is 15.7. The van der Waals surface area contributed by atoms with Crippen LogP contribution in [0.5, 0.6) is 5.75 Å². The first-order chi connectivity index (χ1) is 63.0. The summed E-state index contributed by atoms with van der Waals surface area (Å²) in [6, 6.07) is 1.11. The van der Waals surface area contributed by atoms with Crippen LogP contribution in [0, 0.1) is 11.8 Å². The zero-order valence-electron chi connectivity index (χ0n) is 75.8. The molecule has 9 rings (SSSR count). The van der Waals surface area contributed by atoms with E-state index in [4.69, 9.17) is 17.2 Å². The Balaban J connectivity index is 1.09. The van der Waals surface area contributed by atoms with E-state index < -0.39 is 217 Å². The lowest BCUT2D eigenvalue weighted by Gasteiger charge is -2.36. The number of ketones is 1. The number of aliphatic hydroxyl groups excluding tert-OH is 1. The van der Waals surface area contributed by atoms with Gasteiger partial charge in [0.2, 0.25) is 94.5 Å². The van der Waals surface area contributed by atoms with E-state index >= 15 is 38.4 Å². The standard InChI is InChI=1S/C91H126N20O19S2/c1-9-11-24-70-84(123)100-62(23-17-33-92)74(114)40-56(80(119)97-45-77(94)116)47-131-49-78(117)99-66(37-53-29-31-58(113)32-30-53)87(126)107(6)52(5)79(118)103-68(42-76(93)115)90(129)111-35-19-27-72(111)86(125)102-64(41-57-44-95-50-98-57)82(121)104-65(36-51(3)4)89(128)110-34-18-26-71(110)85(124)101-63(38-54-43-96-61-22-15-13-20-59(54)61)81(120)106-69(46-112)83(122)105-67(39-55-48-132-75-28-16-14-21-60(55)75)88(127)109(8)73(25-12-10-2)91(130)108(70)7/h13-16,20-22,28-32,43-44,48,50-52,56,62-73,96,112-113H,9-12,17-19,23-27,33-42,45-47,49,92H2,1-8H3,(H2,93,115)(H2,94,116)(H,95,98)(H,97,119)(H,99,117)(H,100,123)(H,101,124)(H,102,125)(H,103,118)(H,104,121)(H,105,122)(H,106,120)/t52-,56-,62?,63-,64-,65-,66-,67-,68-,69-,70-,71-,72-,73-/m0/s1. The molecule has 1 unspecified atom stereocenters. The average molecular weight is 1870 g/mol. The van der Waals surface area contributed by atoms with Crippen molar-refractivity contribution >= 4 is 144 Å². The van der Waals surface area contributed by atoms with E-state index in [1.807, 2.05) is 37.4 Å². The normalized spacial score (nSPS) is 24.6. The molecule has 19 N–H and O–H groups in total. The Morgan fingerprint density at radius 1 is 0.561 bits per heavy atom. The molecule has 16 amide bonds. The number of nitrogens with two attached hydrogens (primary N) is 3. The number of hydrogen-bond acceptors (Lipinski definition) is 23. The molecule has 0 bridgehead atoms. The topological polar surface area (TPSA) is 578 Å². The SMILES string of the molecule is CCCC[C@H]1C(=O)N(C)[C@@H](CCCC)C(=O)NC(CCCN)C(=O)C[C@H](C(=O)NCC(N)=O)CSCC(=O)N[C@@H](Cc2ccc(O)cc2)C(=O)N(C)[C@@H](C)C(=O)N[C@@H](CC(N)=O)C(=O)N2CCC[C@H]2C(=O)N[C@@H](Cc2cnc[nH]2)C(=O)N[C@@H](CC(C)C)C(=O)N2CCC[C@H]2C(=O)N[C@@H](Cc2c[nH]c3ccccc23)C(=O)N[C@@H](CO)C(=O)N[C@@H](Cc2csc3ccccc23)C(=O)N1C. The third-order valence-corrected chi connectivity index (χ3v) is 26.3. The second kappa shape index (κ2) is 49.8. The predicted octanol–water partition coefficient (Wildman–Crippen LogP) is 0.400. The van der Waals surface area contributed by atoms with Crippen LogP contribution >= 0.6 is 23.1 Å². The van der Waals surface area contributed by atoms with E-state index in [2.05, 4.69) is 62.8 Å². The Morgan fingerprint density at radius 2 is 1.11 bits per heavy atom. The summed E-state index contributed by atoms with van der Waals surface area (Å²) in [5, 5.41) is 49.0. The number of carbonyl (C=O) groups is 17. The summed E-state index contributed by atoms with van der Waals surface area (Å²) in [4.78, 5) is 266. The Bertz CT molecular complexity index is 5070. The summed E-state index contributed by atoms with van der Waals surface area (Å²) < 4.78 is 0.839. The van der Waals surface area contributed by atoms with Gasteiger partial charge in [0.05, 0.1) is 43.6 Å². The number of benzene rings is 3. The summed E-state index contributed by atoms with van der Waals surface area (Å²) in [5.41, 5.74) is 19.8. The van der Waals surface area contributed by atoms with Crippen LogP contribution in [-0.4, -0.2) is 294 Å². The van der Waals surface area contributed by atoms with Crippen LogP contribution in [0.25, 0.3) is 21.0 Å². The highest BCUT2D eigenvalue weighted by Gasteiger charge is 2.46. The van der Waals surface area contributed by atoms with Gasteiger partial charge in [0.15, 0.2) is 5.78 Å². The number of phenols is 1. The van der Waals surface area contributed by atoms with Gasteiger partial charge in [0.25, 0.3) is 0 Å². The smallest absolute Gasteiger partial charge is 0.246 e. The Hall–Kier alpha value is -12.4. The molecule has 0 radical (unpaired) electrons. The van der Waals surface area contributed by atoms with Crippen molar-refractivity contribution in [2.45, 2.75) is 235 Å². The minimum absolute atomic E-state index is 0.00281. The molecular weight excluding hydrogens is 1740 g/mol. The quantitative estimate of drug-likeness (QED) is 0.0369. The maximum Gasteiger partial charge on any atom is 0.246 e. The second-order valence-corrected chi connectivity index (χ2v) is 36.4. The first-order valence-electron chi connectivity index (χ1n) is 44.9. The van der Waals surface area contributed by atoms with Gasteiger partial charge in [-0.1, -0.05) is 102 Å². The molecule has 39 nitrogen and oxygen atoms in total. The van der Waals surface area contributed by atoms with Gasteiger partial charge in [-0.25, -0.2) is 4.98 Å². The van der Waals surface area contributed by atoms with Gasteiger partial charge >= 0.3 is 0 Å². The third-order valence-electron chi connectivity index (χ3n) is 24.2. The molecule has 6 aromatic rings. The van der Waals surface area contributed by atoms with Gasteiger partial charge in [-0.15, -0.1) is 11.3 Å². The molecule has 41 heteroatoms. The lowest BCUT2D eigenvalue weighted by molar-refractivity contribution is -0.149. The zero-order chi connectivity index (χ0) is 96.2. The summed E-state index contributed by atoms with van der Waals surface area (Å²) >= 11 is 2.23. The van der Waals surface area contributed by atoms with Crippen LogP contribution in [0.2, 0.25) is 0 Å². The van der Waals surface area contributed by atoms with Crippen molar-refractivity contribution < 1.29 is 91.7 Å². The zero-order valence-corrected chi connectivity index (χ0v) is 77.5. The number of Topliss-reactive ketones (excluding diaryl/α,β-unsaturated/α-hetero) is 1. The minimum atomic E-state index is -1.82. The fraction of sp³-hybridized carbons (Fsp3) is 0.538. The number of thiophene rings is 1. The monoisotopic (exact) mass is 1870 g/mol. The Labute approximate surface area is 774 Å². The number of carbonyl (C=O) groups excluding carboxylic acids is 17. The van der Waals surface area contributed by atoms with Crippen molar-refractivity contribution in [3.63, 3.8) is 0 Å². The fourth-order valence-electron chi connectivity index (χ4n) is 16.7. The molecule has 6 heterocycles. The molecule has 3 aliphatic heterocycles. The number of imidazole rings is 1. The molecule has 3 aliphatic rings. The van der Waals surface area contributed by atoms with E-state index in [0.717, 1.165) is 31.6 Å². The van der Waals surface area contributed by atoms with Crippen LogP contribution in [0.15, 0.2) is 96.9 Å². The number of aliphatic hydroxyl groups is 1. The van der Waals surface area contributed by atoms with E-state index in [-0.39, 0.29) is 121 Å². The number of nitrogens with one attached hydrogen (secondary N) is 11. The molecule has 3 saturated heterocycles. The van der Waals surface area contributed by atoms with Gasteiger partial charge in [-0.05, 0) is 129 Å². The number of aromatic amines is 2. The van der Waals surface area contributed by atoms with Crippen molar-refractivity contribution in [1.82, 2.24) is 87.3 Å². The number of likely N-dealkylation sites (N-methyl/N-ethyl adjacent to an activating group) is 3. The minimum Gasteiger partial charge on any atom is -0.508 e. The molecule has 3 aromatic heterocycles. The lowest BCUT2D eigenvalue weighted by atomic mass is 9.95. The van der Waals surface area contributed by atoms with Gasteiger partial charge in [0.1, 0.15) is 78.3 Å². The summed E-state index contributed by atoms with van der Waals surface area (Å²) in [7, 11) is 4.02. The van der Waals surface area contributed by atoms with Gasteiger partial charge in [0, 0.05) is 106 Å². The van der Waals surface area contributed by atoms with Crippen molar-refractivity contribution in [3.05, 3.63) is 119 Å². The van der Waals surface area contributed by atoms with Crippen LogP contribution in [-0.2, 0) is 107 Å². The highest BCUT2D eigenvalue weighted by Crippen LogP contribution is 2.30. The van der Waals surface area contributed by atoms with Crippen LogP contribution in [0.4, 0.5) is 0 Å². The molecule has 3 aromatic carbocycles. The molecule has 132 heavy (non-hydrogen) atoms. The molecule has 0 aliphatic carbocycles. The number of hydrogen-bond donors (Lipinski definition) is 16. The van der Waals surface area contributed by atoms with Crippen LogP contribution in [0.3, 0.4) is 0 Å². The number of primary amides is 2. The van der Waals surface area contributed by atoms with Crippen molar-refractivity contribution in [2.75, 3.05) is 65.4 Å². The molecule has 0 saturated carbocycles. The van der Waals surface area contributed by atoms with Gasteiger partial charge < -0.3 is 110 Å². The van der Waals surface area contributed by atoms with E-state index in [1.54, 1.807) is 50.4 Å². The number of aromatic nitrogens is 3. The number of rotatable bonds is 25. The summed E-state index contributed by atoms with van der Waals surface area (Å²) in [6.45, 7) is 6.88. The van der Waals surface area contributed by atoms with Crippen molar-refractivity contribution in [2.24, 2.45) is 29.0 Å². The highest BCUT2D eigenvalue weighted by atomic mass is 32.2. The molecule has 3 fully saturated rings. The van der Waals surface area contributed by atoms with E-state index in [9.17, 15) is 53.4 Å². The molecule has 0 spiro atoms. The Morgan fingerprint density at radius 3 is 1.73 bits per heavy atom. The number of amides is 16. The second-order valence-electron chi connectivity index (χ2n) is 34.4. The number of nitrogens with zero attached hydrogens (tertiary/aromatic N) is 6. The number of thioether (sulfide) groups is 1. The summed E-state index contributed by atoms with van der Waals surface area (Å²) in [5.74, 6) is -17.1. The van der Waals surface area contributed by atoms with Crippen molar-refractivity contribution in [1.29, 1.82) is 0 Å².